The quantitative estimate of drug-likeness (QED) is 0.928. The fourth-order valence-corrected chi connectivity index (χ4v) is 3.47. The highest BCUT2D eigenvalue weighted by Crippen LogP contribution is 2.28. The summed E-state index contributed by atoms with van der Waals surface area (Å²) in [5.41, 5.74) is 2.27. The molecule has 0 saturated heterocycles. The van der Waals surface area contributed by atoms with Gasteiger partial charge in [0.25, 0.3) is 0 Å². The Morgan fingerprint density at radius 2 is 2.27 bits per heavy atom. The van der Waals surface area contributed by atoms with Crippen molar-refractivity contribution in [3.05, 3.63) is 39.5 Å². The third-order valence-corrected chi connectivity index (χ3v) is 4.57. The first kappa shape index (κ1) is 14.9. The standard InChI is InChI=1S/C15H18N4O2S/c1-18(2)14-13(15(20)21)11-3-5-19(8-10(11)7-17-14)9-12-16-4-6-22-12/h4,6-7H,3,5,8-9H2,1-2H3,(H,20,21). The monoisotopic (exact) mass is 318 g/mol. The number of carboxylic acid groups (broad SMARTS) is 1. The van der Waals surface area contributed by atoms with E-state index < -0.39 is 5.97 Å². The molecule has 2 aromatic rings. The maximum absolute atomic E-state index is 11.6. The Labute approximate surface area is 133 Å². The van der Waals surface area contributed by atoms with Crippen LogP contribution in [0.2, 0.25) is 0 Å². The summed E-state index contributed by atoms with van der Waals surface area (Å²) in [5, 5.41) is 12.6. The number of pyridine rings is 1. The zero-order valence-corrected chi connectivity index (χ0v) is 13.4. The average Bonchev–Trinajstić information content (AvgIpc) is 2.98. The highest BCUT2D eigenvalue weighted by Gasteiger charge is 2.26. The zero-order chi connectivity index (χ0) is 15.7. The normalized spacial score (nSPS) is 14.6. The number of thiazole rings is 1. The van der Waals surface area contributed by atoms with Gasteiger partial charge >= 0.3 is 5.97 Å². The minimum absolute atomic E-state index is 0.344. The third-order valence-electron chi connectivity index (χ3n) is 3.81. The van der Waals surface area contributed by atoms with Gasteiger partial charge in [0.2, 0.25) is 0 Å². The van der Waals surface area contributed by atoms with Crippen LogP contribution in [0.4, 0.5) is 5.82 Å². The number of aromatic nitrogens is 2. The Hall–Kier alpha value is -1.99. The van der Waals surface area contributed by atoms with Gasteiger partial charge in [0.05, 0.1) is 6.54 Å². The van der Waals surface area contributed by atoms with Gasteiger partial charge in [-0.1, -0.05) is 0 Å². The summed E-state index contributed by atoms with van der Waals surface area (Å²) in [4.78, 5) is 24.3. The van der Waals surface area contributed by atoms with Crippen molar-refractivity contribution in [3.8, 4) is 0 Å². The molecule has 3 heterocycles. The molecule has 0 bridgehead atoms. The topological polar surface area (TPSA) is 69.6 Å². The molecule has 1 N–H and O–H groups in total. The summed E-state index contributed by atoms with van der Waals surface area (Å²) in [6.45, 7) is 2.36. The molecule has 0 radical (unpaired) electrons. The van der Waals surface area contributed by atoms with Crippen LogP contribution in [0.25, 0.3) is 0 Å². The maximum atomic E-state index is 11.6. The lowest BCUT2D eigenvalue weighted by molar-refractivity contribution is 0.0694. The van der Waals surface area contributed by atoms with Gasteiger partial charge < -0.3 is 10.0 Å². The van der Waals surface area contributed by atoms with E-state index in [4.69, 9.17) is 0 Å². The van der Waals surface area contributed by atoms with E-state index in [2.05, 4.69) is 14.9 Å². The number of nitrogens with zero attached hydrogens (tertiary/aromatic N) is 4. The van der Waals surface area contributed by atoms with Gasteiger partial charge in [-0.2, -0.15) is 0 Å². The van der Waals surface area contributed by atoms with Gasteiger partial charge in [-0.05, 0) is 17.5 Å². The molecule has 0 spiro atoms. The second kappa shape index (κ2) is 6.02. The van der Waals surface area contributed by atoms with Crippen molar-refractivity contribution in [2.45, 2.75) is 19.5 Å². The lowest BCUT2D eigenvalue weighted by atomic mass is 9.96. The van der Waals surface area contributed by atoms with Crippen LogP contribution in [0, 0.1) is 0 Å². The summed E-state index contributed by atoms with van der Waals surface area (Å²) in [5.74, 6) is -0.374. The highest BCUT2D eigenvalue weighted by molar-refractivity contribution is 7.09. The van der Waals surface area contributed by atoms with E-state index in [-0.39, 0.29) is 0 Å². The van der Waals surface area contributed by atoms with Gasteiger partial charge in [-0.3, -0.25) is 4.90 Å². The number of carbonyl (C=O) groups is 1. The Balaban J connectivity index is 1.89. The van der Waals surface area contributed by atoms with Crippen molar-refractivity contribution >= 4 is 23.1 Å². The van der Waals surface area contributed by atoms with E-state index in [1.807, 2.05) is 31.9 Å². The van der Waals surface area contributed by atoms with E-state index >= 15 is 0 Å². The molecule has 116 valence electrons. The van der Waals surface area contributed by atoms with Crippen LogP contribution in [0.3, 0.4) is 0 Å². The first-order chi connectivity index (χ1) is 10.6. The number of anilines is 1. The highest BCUT2D eigenvalue weighted by atomic mass is 32.1. The Morgan fingerprint density at radius 3 is 2.91 bits per heavy atom. The molecule has 0 atom stereocenters. The summed E-state index contributed by atoms with van der Waals surface area (Å²) in [6.07, 6.45) is 4.35. The number of rotatable bonds is 4. The maximum Gasteiger partial charge on any atom is 0.339 e. The molecule has 0 fully saturated rings. The lowest BCUT2D eigenvalue weighted by Gasteiger charge is -2.29. The third kappa shape index (κ3) is 2.82. The van der Waals surface area contributed by atoms with Gasteiger partial charge in [-0.25, -0.2) is 14.8 Å². The van der Waals surface area contributed by atoms with Crippen molar-refractivity contribution in [2.75, 3.05) is 25.5 Å². The fraction of sp³-hybridized carbons (Fsp3) is 0.400. The number of hydrogen-bond donors (Lipinski definition) is 1. The Morgan fingerprint density at radius 1 is 1.45 bits per heavy atom. The first-order valence-corrected chi connectivity index (χ1v) is 7.96. The van der Waals surface area contributed by atoms with Crippen LogP contribution < -0.4 is 4.90 Å². The van der Waals surface area contributed by atoms with Crippen molar-refractivity contribution in [3.63, 3.8) is 0 Å². The van der Waals surface area contributed by atoms with Gasteiger partial charge in [0.15, 0.2) is 0 Å². The van der Waals surface area contributed by atoms with Crippen LogP contribution in [0.15, 0.2) is 17.8 Å². The van der Waals surface area contributed by atoms with Crippen molar-refractivity contribution in [2.24, 2.45) is 0 Å². The van der Waals surface area contributed by atoms with E-state index in [1.54, 1.807) is 16.2 Å². The van der Waals surface area contributed by atoms with Gasteiger partial charge in [-0.15, -0.1) is 11.3 Å². The lowest BCUT2D eigenvalue weighted by Crippen LogP contribution is -2.32. The summed E-state index contributed by atoms with van der Waals surface area (Å²) in [7, 11) is 3.64. The van der Waals surface area contributed by atoms with Crippen molar-refractivity contribution in [1.29, 1.82) is 0 Å². The SMILES string of the molecule is CN(C)c1ncc2c(c1C(=O)O)CCN(Cc1nccs1)C2. The Kier molecular flexibility index (Phi) is 4.08. The molecular formula is C15H18N4O2S. The minimum atomic E-state index is -0.901. The molecule has 6 nitrogen and oxygen atoms in total. The smallest absolute Gasteiger partial charge is 0.339 e. The molecule has 1 aliphatic rings. The molecule has 0 amide bonds. The first-order valence-electron chi connectivity index (χ1n) is 7.08. The zero-order valence-electron chi connectivity index (χ0n) is 12.6. The van der Waals surface area contributed by atoms with Crippen LogP contribution in [0.1, 0.15) is 26.5 Å². The number of aromatic carboxylic acids is 1. The number of hydrogen-bond acceptors (Lipinski definition) is 6. The van der Waals surface area contributed by atoms with Crippen molar-refractivity contribution < 1.29 is 9.90 Å². The van der Waals surface area contributed by atoms with Crippen LogP contribution >= 0.6 is 11.3 Å². The van der Waals surface area contributed by atoms with Crippen LogP contribution in [-0.2, 0) is 19.5 Å². The molecule has 2 aromatic heterocycles. The van der Waals surface area contributed by atoms with Gasteiger partial charge in [0, 0.05) is 45.0 Å². The van der Waals surface area contributed by atoms with Crippen LogP contribution in [-0.4, -0.2) is 46.6 Å². The molecule has 0 unspecified atom stereocenters. The van der Waals surface area contributed by atoms with Gasteiger partial charge in [0.1, 0.15) is 16.4 Å². The second-order valence-corrected chi connectivity index (χ2v) is 6.53. The predicted molar refractivity (Wildman–Crippen MR) is 85.5 cm³/mol. The molecule has 22 heavy (non-hydrogen) atoms. The number of fused-ring (bicyclic) bond motifs is 1. The molecule has 0 saturated carbocycles. The predicted octanol–water partition coefficient (Wildman–Crippen LogP) is 1.86. The summed E-state index contributed by atoms with van der Waals surface area (Å²) >= 11 is 1.64. The largest absolute Gasteiger partial charge is 0.478 e. The van der Waals surface area contributed by atoms with E-state index in [1.165, 1.54) is 0 Å². The average molecular weight is 318 g/mol. The Bertz CT molecular complexity index is 685. The molecule has 3 rings (SSSR count). The van der Waals surface area contributed by atoms with E-state index in [0.29, 0.717) is 11.4 Å². The van der Waals surface area contributed by atoms with E-state index in [9.17, 15) is 9.90 Å². The minimum Gasteiger partial charge on any atom is -0.478 e. The molecule has 1 aliphatic heterocycles. The second-order valence-electron chi connectivity index (χ2n) is 5.55. The molecule has 0 aromatic carbocycles. The fourth-order valence-electron chi connectivity index (χ4n) is 2.81. The van der Waals surface area contributed by atoms with E-state index in [0.717, 1.165) is 42.2 Å². The van der Waals surface area contributed by atoms with Crippen molar-refractivity contribution in [1.82, 2.24) is 14.9 Å². The molecule has 0 aliphatic carbocycles. The van der Waals surface area contributed by atoms with Crippen LogP contribution in [0.5, 0.6) is 0 Å². The molecule has 7 heteroatoms. The molecular weight excluding hydrogens is 300 g/mol. The summed E-state index contributed by atoms with van der Waals surface area (Å²) in [6, 6.07) is 0. The summed E-state index contributed by atoms with van der Waals surface area (Å²) < 4.78 is 0. The number of carboxylic acids is 1.